The molecule has 0 saturated carbocycles. The summed E-state index contributed by atoms with van der Waals surface area (Å²) in [6.07, 6.45) is 1.76. The molecule has 2 aromatic carbocycles. The van der Waals surface area contributed by atoms with E-state index in [0.29, 0.717) is 40.4 Å². The molecule has 0 fully saturated rings. The zero-order valence-electron chi connectivity index (χ0n) is 21.0. The number of ether oxygens (including phenoxy) is 1. The summed E-state index contributed by atoms with van der Waals surface area (Å²) in [6, 6.07) is 10.8. The predicted octanol–water partition coefficient (Wildman–Crippen LogP) is 5.32. The molecule has 0 unspecified atom stereocenters. The van der Waals surface area contributed by atoms with Crippen LogP contribution in [0.2, 0.25) is 5.02 Å². The Morgan fingerprint density at radius 3 is 2.53 bits per heavy atom. The monoisotopic (exact) mass is 530 g/mol. The van der Waals surface area contributed by atoms with Crippen molar-refractivity contribution in [2.24, 2.45) is 0 Å². The number of anilines is 1. The topological polar surface area (TPSA) is 95.9 Å². The quantitative estimate of drug-likeness (QED) is 0.338. The summed E-state index contributed by atoms with van der Waals surface area (Å²) in [5, 5.41) is 19.3. The first kappa shape index (κ1) is 27.6. The van der Waals surface area contributed by atoms with Gasteiger partial charge in [0.15, 0.2) is 0 Å². The lowest BCUT2D eigenvalue weighted by Gasteiger charge is -2.19. The van der Waals surface area contributed by atoms with Crippen LogP contribution < -0.4 is 9.64 Å². The molecule has 3 rings (SSSR count). The molecule has 0 aliphatic rings. The molecule has 1 heterocycles. The highest BCUT2D eigenvalue weighted by atomic mass is 35.5. The molecule has 36 heavy (non-hydrogen) atoms. The molecule has 0 aliphatic carbocycles. The summed E-state index contributed by atoms with van der Waals surface area (Å²) in [5.74, 6) is -0.323. The Balaban J connectivity index is 1.80. The Morgan fingerprint density at radius 2 is 1.83 bits per heavy atom. The second-order valence-corrected chi connectivity index (χ2v) is 9.88. The molecule has 3 aromatic rings. The van der Waals surface area contributed by atoms with Gasteiger partial charge in [0.1, 0.15) is 17.4 Å². The van der Waals surface area contributed by atoms with Crippen LogP contribution >= 0.6 is 22.9 Å². The maximum Gasteiger partial charge on any atom is 0.317 e. The van der Waals surface area contributed by atoms with Crippen LogP contribution in [0.4, 0.5) is 5.13 Å². The average molecular weight is 531 g/mol. The van der Waals surface area contributed by atoms with E-state index in [1.54, 1.807) is 41.1 Å². The SMILES string of the molecule is CCCCN(C(=O)c1ccccc1Cl)c1nnc(-c2ccc(OCCN(C)CC(=O)O)c(C)c2C)s1. The van der Waals surface area contributed by atoms with Crippen molar-refractivity contribution in [1.82, 2.24) is 15.1 Å². The first-order chi connectivity index (χ1) is 17.2. The summed E-state index contributed by atoms with van der Waals surface area (Å²) in [5.41, 5.74) is 3.34. The number of unbranched alkanes of at least 4 members (excludes halogenated alkanes) is 1. The van der Waals surface area contributed by atoms with E-state index in [1.165, 1.54) is 11.3 Å². The second kappa shape index (κ2) is 12.8. The molecular weight excluding hydrogens is 500 g/mol. The molecule has 192 valence electrons. The lowest BCUT2D eigenvalue weighted by atomic mass is 10.0. The number of carbonyl (C=O) groups excluding carboxylic acids is 1. The highest BCUT2D eigenvalue weighted by molar-refractivity contribution is 7.18. The van der Waals surface area contributed by atoms with Crippen molar-refractivity contribution in [2.45, 2.75) is 33.6 Å². The third-order valence-electron chi connectivity index (χ3n) is 5.83. The van der Waals surface area contributed by atoms with Gasteiger partial charge in [-0.3, -0.25) is 19.4 Å². The van der Waals surface area contributed by atoms with Crippen molar-refractivity contribution >= 4 is 39.9 Å². The fraction of sp³-hybridized carbons (Fsp3) is 0.385. The van der Waals surface area contributed by atoms with Crippen molar-refractivity contribution in [3.05, 3.63) is 58.1 Å². The number of hydrogen-bond donors (Lipinski definition) is 1. The molecule has 1 aromatic heterocycles. The van der Waals surface area contributed by atoms with Gasteiger partial charge in [0.05, 0.1) is 17.1 Å². The van der Waals surface area contributed by atoms with Crippen molar-refractivity contribution in [1.29, 1.82) is 0 Å². The highest BCUT2D eigenvalue weighted by Crippen LogP contribution is 2.35. The van der Waals surface area contributed by atoms with Gasteiger partial charge in [-0.25, -0.2) is 0 Å². The number of carboxylic acids is 1. The summed E-state index contributed by atoms with van der Waals surface area (Å²) in [4.78, 5) is 27.5. The average Bonchev–Trinajstić information content (AvgIpc) is 3.31. The smallest absolute Gasteiger partial charge is 0.317 e. The third-order valence-corrected chi connectivity index (χ3v) is 7.14. The van der Waals surface area contributed by atoms with Crippen LogP contribution in [-0.4, -0.2) is 65.4 Å². The van der Waals surface area contributed by atoms with E-state index in [1.807, 2.05) is 26.0 Å². The Morgan fingerprint density at radius 1 is 1.08 bits per heavy atom. The Bertz CT molecular complexity index is 1220. The van der Waals surface area contributed by atoms with Gasteiger partial charge in [0, 0.05) is 18.7 Å². The molecule has 0 aliphatic heterocycles. The molecule has 1 amide bonds. The van der Waals surface area contributed by atoms with Crippen LogP contribution in [-0.2, 0) is 4.79 Å². The summed E-state index contributed by atoms with van der Waals surface area (Å²) in [6.45, 7) is 7.42. The first-order valence-electron chi connectivity index (χ1n) is 11.8. The van der Waals surface area contributed by atoms with Crippen molar-refractivity contribution in [2.75, 3.05) is 38.2 Å². The van der Waals surface area contributed by atoms with Crippen LogP contribution in [0.5, 0.6) is 5.75 Å². The number of likely N-dealkylation sites (N-methyl/N-ethyl adjacent to an activating group) is 1. The van der Waals surface area contributed by atoms with E-state index in [4.69, 9.17) is 21.4 Å². The molecule has 10 heteroatoms. The minimum absolute atomic E-state index is 0.0338. The van der Waals surface area contributed by atoms with Gasteiger partial charge in [-0.05, 0) is 62.7 Å². The van der Waals surface area contributed by atoms with Crippen LogP contribution in [0.3, 0.4) is 0 Å². The van der Waals surface area contributed by atoms with E-state index >= 15 is 0 Å². The largest absolute Gasteiger partial charge is 0.492 e. The van der Waals surface area contributed by atoms with Gasteiger partial charge in [-0.1, -0.05) is 48.4 Å². The third kappa shape index (κ3) is 6.81. The Kier molecular flexibility index (Phi) is 9.81. The zero-order valence-corrected chi connectivity index (χ0v) is 22.5. The van der Waals surface area contributed by atoms with Gasteiger partial charge in [0.2, 0.25) is 5.13 Å². The number of aliphatic carboxylic acids is 1. The molecule has 0 bridgehead atoms. The Labute approximate surface area is 220 Å². The van der Waals surface area contributed by atoms with Gasteiger partial charge in [0.25, 0.3) is 5.91 Å². The number of hydrogen-bond acceptors (Lipinski definition) is 7. The Hall–Kier alpha value is -3.01. The fourth-order valence-electron chi connectivity index (χ4n) is 3.62. The van der Waals surface area contributed by atoms with Gasteiger partial charge >= 0.3 is 5.97 Å². The summed E-state index contributed by atoms with van der Waals surface area (Å²) in [7, 11) is 1.74. The zero-order chi connectivity index (χ0) is 26.2. The molecule has 0 spiro atoms. The molecular formula is C26H31ClN4O4S. The minimum Gasteiger partial charge on any atom is -0.492 e. The lowest BCUT2D eigenvalue weighted by molar-refractivity contribution is -0.138. The van der Waals surface area contributed by atoms with Crippen molar-refractivity contribution in [3.8, 4) is 16.3 Å². The van der Waals surface area contributed by atoms with Gasteiger partial charge in [-0.2, -0.15) is 0 Å². The number of benzene rings is 2. The van der Waals surface area contributed by atoms with Crippen molar-refractivity contribution in [3.63, 3.8) is 0 Å². The standard InChI is InChI=1S/C26H31ClN4O4S/c1-5-6-13-31(25(34)20-9-7-8-10-21(20)27)26-29-28-24(36-26)19-11-12-22(18(3)17(19)2)35-15-14-30(4)16-23(32)33/h7-12H,5-6,13-16H2,1-4H3,(H,32,33). The van der Waals surface area contributed by atoms with Gasteiger partial charge < -0.3 is 9.84 Å². The van der Waals surface area contributed by atoms with Crippen LogP contribution in [0.15, 0.2) is 36.4 Å². The number of carboxylic acid groups (broad SMARTS) is 1. The molecule has 1 N–H and O–H groups in total. The van der Waals surface area contributed by atoms with Crippen LogP contribution in [0.25, 0.3) is 10.6 Å². The summed E-state index contributed by atoms with van der Waals surface area (Å²) < 4.78 is 5.91. The molecule has 0 saturated heterocycles. The lowest BCUT2D eigenvalue weighted by Crippen LogP contribution is -2.32. The van der Waals surface area contributed by atoms with Gasteiger partial charge in [-0.15, -0.1) is 10.2 Å². The van der Waals surface area contributed by atoms with Crippen LogP contribution in [0.1, 0.15) is 41.3 Å². The maximum absolute atomic E-state index is 13.3. The number of carbonyl (C=O) groups is 2. The van der Waals surface area contributed by atoms with E-state index in [-0.39, 0.29) is 12.5 Å². The number of rotatable bonds is 12. The summed E-state index contributed by atoms with van der Waals surface area (Å²) >= 11 is 7.66. The highest BCUT2D eigenvalue weighted by Gasteiger charge is 2.24. The normalized spacial score (nSPS) is 11.1. The minimum atomic E-state index is -0.868. The number of nitrogens with zero attached hydrogens (tertiary/aromatic N) is 4. The molecule has 0 atom stereocenters. The van der Waals surface area contributed by atoms with Crippen LogP contribution in [0, 0.1) is 13.8 Å². The molecule has 8 nitrogen and oxygen atoms in total. The number of halogens is 1. The van der Waals surface area contributed by atoms with E-state index in [0.717, 1.165) is 35.3 Å². The molecule has 0 radical (unpaired) electrons. The second-order valence-electron chi connectivity index (χ2n) is 8.52. The predicted molar refractivity (Wildman–Crippen MR) is 143 cm³/mol. The van der Waals surface area contributed by atoms with E-state index < -0.39 is 5.97 Å². The first-order valence-corrected chi connectivity index (χ1v) is 13.0. The number of aromatic nitrogens is 2. The van der Waals surface area contributed by atoms with Crippen molar-refractivity contribution < 1.29 is 19.4 Å². The maximum atomic E-state index is 13.3. The number of amides is 1. The fourth-order valence-corrected chi connectivity index (χ4v) is 4.79. The van der Waals surface area contributed by atoms with E-state index in [9.17, 15) is 9.59 Å². The van der Waals surface area contributed by atoms with E-state index in [2.05, 4.69) is 17.1 Å².